The molecule has 0 aromatic heterocycles. The van der Waals surface area contributed by atoms with E-state index in [1.807, 2.05) is 30.3 Å². The topological polar surface area (TPSA) is 84.9 Å². The van der Waals surface area contributed by atoms with Gasteiger partial charge < -0.3 is 14.8 Å². The first kappa shape index (κ1) is 20.6. The van der Waals surface area contributed by atoms with Gasteiger partial charge in [0.05, 0.1) is 26.2 Å². The van der Waals surface area contributed by atoms with Gasteiger partial charge in [0.1, 0.15) is 18.0 Å². The van der Waals surface area contributed by atoms with Crippen LogP contribution < -0.4 is 19.1 Å². The largest absolute Gasteiger partial charge is 0.497 e. The number of carbonyl (C=O) groups is 1. The Hall–Kier alpha value is -2.74. The van der Waals surface area contributed by atoms with Gasteiger partial charge in [0.2, 0.25) is 15.9 Å². The van der Waals surface area contributed by atoms with Crippen molar-refractivity contribution in [1.82, 2.24) is 5.32 Å². The monoisotopic (exact) mass is 392 g/mol. The standard InChI is InChI=1S/C19H24N2O5S/c1-25-16-9-10-17(18(13-16)26-2)21(27(3,23)24)14-19(22)20-12-11-15-7-5-4-6-8-15/h4-10,13H,11-12,14H2,1-3H3,(H,20,22). The zero-order valence-electron chi connectivity index (χ0n) is 15.6. The van der Waals surface area contributed by atoms with Crippen LogP contribution in [0, 0.1) is 0 Å². The minimum absolute atomic E-state index is 0.277. The zero-order chi connectivity index (χ0) is 19.9. The zero-order valence-corrected chi connectivity index (χ0v) is 16.5. The van der Waals surface area contributed by atoms with Crippen molar-refractivity contribution >= 4 is 21.6 Å². The van der Waals surface area contributed by atoms with Crippen molar-refractivity contribution in [1.29, 1.82) is 0 Å². The van der Waals surface area contributed by atoms with Crippen molar-refractivity contribution < 1.29 is 22.7 Å². The lowest BCUT2D eigenvalue weighted by Crippen LogP contribution is -2.41. The Morgan fingerprint density at radius 1 is 1.07 bits per heavy atom. The molecule has 0 radical (unpaired) electrons. The summed E-state index contributed by atoms with van der Waals surface area (Å²) in [6.45, 7) is 0.0799. The molecule has 0 saturated carbocycles. The van der Waals surface area contributed by atoms with Crippen molar-refractivity contribution in [3.63, 3.8) is 0 Å². The molecule has 0 aliphatic carbocycles. The molecule has 0 fully saturated rings. The summed E-state index contributed by atoms with van der Waals surface area (Å²) in [6, 6.07) is 14.5. The van der Waals surface area contributed by atoms with Gasteiger partial charge >= 0.3 is 0 Å². The number of hydrogen-bond acceptors (Lipinski definition) is 5. The van der Waals surface area contributed by atoms with E-state index in [9.17, 15) is 13.2 Å². The van der Waals surface area contributed by atoms with Crippen LogP contribution in [0.1, 0.15) is 5.56 Å². The van der Waals surface area contributed by atoms with Crippen molar-refractivity contribution in [3.05, 3.63) is 54.1 Å². The van der Waals surface area contributed by atoms with E-state index in [1.54, 1.807) is 18.2 Å². The lowest BCUT2D eigenvalue weighted by Gasteiger charge is -2.24. The van der Waals surface area contributed by atoms with E-state index < -0.39 is 15.9 Å². The second kappa shape index (κ2) is 9.27. The molecule has 2 aromatic rings. The number of benzene rings is 2. The number of sulfonamides is 1. The quantitative estimate of drug-likeness (QED) is 0.704. The molecule has 0 bridgehead atoms. The van der Waals surface area contributed by atoms with Crippen LogP contribution in [0.2, 0.25) is 0 Å². The van der Waals surface area contributed by atoms with Gasteiger partial charge in [0, 0.05) is 12.6 Å². The molecule has 2 aromatic carbocycles. The summed E-state index contributed by atoms with van der Waals surface area (Å²) in [5, 5.41) is 2.75. The fourth-order valence-corrected chi connectivity index (χ4v) is 3.41. The summed E-state index contributed by atoms with van der Waals surface area (Å²) in [5.41, 5.74) is 1.37. The summed E-state index contributed by atoms with van der Waals surface area (Å²) in [7, 11) is -0.759. The first-order valence-corrected chi connectivity index (χ1v) is 10.2. The summed E-state index contributed by atoms with van der Waals surface area (Å²) in [4.78, 5) is 12.3. The van der Waals surface area contributed by atoms with Crippen molar-refractivity contribution in [2.75, 3.05) is 37.9 Å². The minimum Gasteiger partial charge on any atom is -0.497 e. The highest BCUT2D eigenvalue weighted by Gasteiger charge is 2.24. The highest BCUT2D eigenvalue weighted by atomic mass is 32.2. The van der Waals surface area contributed by atoms with Gasteiger partial charge in [-0.15, -0.1) is 0 Å². The predicted octanol–water partition coefficient (Wildman–Crippen LogP) is 1.83. The third-order valence-electron chi connectivity index (χ3n) is 3.92. The minimum atomic E-state index is -3.69. The van der Waals surface area contributed by atoms with E-state index in [4.69, 9.17) is 9.47 Å². The third-order valence-corrected chi connectivity index (χ3v) is 5.05. The smallest absolute Gasteiger partial charge is 0.240 e. The van der Waals surface area contributed by atoms with E-state index in [1.165, 1.54) is 14.2 Å². The molecule has 27 heavy (non-hydrogen) atoms. The molecular weight excluding hydrogens is 368 g/mol. The molecule has 0 aliphatic rings. The Kier molecular flexibility index (Phi) is 7.06. The van der Waals surface area contributed by atoms with Crippen molar-refractivity contribution in [2.45, 2.75) is 6.42 Å². The van der Waals surface area contributed by atoms with Crippen LogP contribution in [0.25, 0.3) is 0 Å². The molecule has 1 N–H and O–H groups in total. The van der Waals surface area contributed by atoms with Gasteiger partial charge in [-0.3, -0.25) is 9.10 Å². The maximum atomic E-state index is 12.3. The van der Waals surface area contributed by atoms with Crippen LogP contribution in [0.15, 0.2) is 48.5 Å². The molecule has 0 aliphatic heterocycles. The number of rotatable bonds is 9. The average Bonchev–Trinajstić information content (AvgIpc) is 2.65. The van der Waals surface area contributed by atoms with Gasteiger partial charge in [0.15, 0.2) is 0 Å². The molecule has 0 heterocycles. The SMILES string of the molecule is COc1ccc(N(CC(=O)NCCc2ccccc2)S(C)(=O)=O)c(OC)c1. The number of ether oxygens (including phenoxy) is 2. The van der Waals surface area contributed by atoms with Crippen molar-refractivity contribution in [2.24, 2.45) is 0 Å². The molecule has 0 unspecified atom stereocenters. The lowest BCUT2D eigenvalue weighted by atomic mass is 10.1. The average molecular weight is 392 g/mol. The van der Waals surface area contributed by atoms with Crippen LogP contribution in [0.5, 0.6) is 11.5 Å². The molecule has 2 rings (SSSR count). The lowest BCUT2D eigenvalue weighted by molar-refractivity contribution is -0.119. The molecule has 7 nitrogen and oxygen atoms in total. The van der Waals surface area contributed by atoms with E-state index in [0.717, 1.165) is 16.1 Å². The molecule has 146 valence electrons. The van der Waals surface area contributed by atoms with Crippen LogP contribution >= 0.6 is 0 Å². The van der Waals surface area contributed by atoms with E-state index >= 15 is 0 Å². The highest BCUT2D eigenvalue weighted by Crippen LogP contribution is 2.33. The Labute approximate surface area is 160 Å². The highest BCUT2D eigenvalue weighted by molar-refractivity contribution is 7.92. The fourth-order valence-electron chi connectivity index (χ4n) is 2.55. The maximum absolute atomic E-state index is 12.3. The first-order chi connectivity index (χ1) is 12.8. The summed E-state index contributed by atoms with van der Waals surface area (Å²) < 4.78 is 35.9. The number of nitrogens with zero attached hydrogens (tertiary/aromatic N) is 1. The molecular formula is C19H24N2O5S. The Morgan fingerprint density at radius 2 is 1.78 bits per heavy atom. The van der Waals surface area contributed by atoms with Crippen LogP contribution in [-0.2, 0) is 21.2 Å². The van der Waals surface area contributed by atoms with Crippen LogP contribution in [-0.4, -0.2) is 47.9 Å². The molecule has 0 spiro atoms. The number of hydrogen-bond donors (Lipinski definition) is 1. The maximum Gasteiger partial charge on any atom is 0.240 e. The van der Waals surface area contributed by atoms with E-state index in [0.29, 0.717) is 24.5 Å². The van der Waals surface area contributed by atoms with Gasteiger partial charge in [-0.1, -0.05) is 30.3 Å². The fraction of sp³-hybridized carbons (Fsp3) is 0.316. The summed E-state index contributed by atoms with van der Waals surface area (Å²) in [5.74, 6) is 0.433. The van der Waals surface area contributed by atoms with Crippen molar-refractivity contribution in [3.8, 4) is 11.5 Å². The van der Waals surface area contributed by atoms with Crippen LogP contribution in [0.3, 0.4) is 0 Å². The normalized spacial score (nSPS) is 10.9. The molecule has 1 amide bonds. The summed E-state index contributed by atoms with van der Waals surface area (Å²) in [6.07, 6.45) is 1.71. The Balaban J connectivity index is 2.10. The number of methoxy groups -OCH3 is 2. The van der Waals surface area contributed by atoms with Crippen LogP contribution in [0.4, 0.5) is 5.69 Å². The number of nitrogens with one attached hydrogen (secondary N) is 1. The predicted molar refractivity (Wildman–Crippen MR) is 105 cm³/mol. The van der Waals surface area contributed by atoms with Gasteiger partial charge in [-0.05, 0) is 24.1 Å². The third kappa shape index (κ3) is 5.89. The molecule has 0 atom stereocenters. The number of amides is 1. The molecule has 0 saturated heterocycles. The summed E-state index contributed by atoms with van der Waals surface area (Å²) >= 11 is 0. The number of anilines is 1. The Morgan fingerprint density at radius 3 is 2.37 bits per heavy atom. The Bertz CT molecular complexity index is 869. The van der Waals surface area contributed by atoms with E-state index in [-0.39, 0.29) is 12.2 Å². The molecule has 8 heteroatoms. The van der Waals surface area contributed by atoms with Gasteiger partial charge in [0.25, 0.3) is 0 Å². The van der Waals surface area contributed by atoms with E-state index in [2.05, 4.69) is 5.32 Å². The first-order valence-electron chi connectivity index (χ1n) is 8.35. The van der Waals surface area contributed by atoms with Gasteiger partial charge in [-0.2, -0.15) is 0 Å². The number of carbonyl (C=O) groups excluding carboxylic acids is 1. The second-order valence-corrected chi connectivity index (χ2v) is 7.80. The second-order valence-electron chi connectivity index (χ2n) is 5.89. The van der Waals surface area contributed by atoms with Gasteiger partial charge in [-0.25, -0.2) is 8.42 Å².